The molecule has 0 bridgehead atoms. The Bertz CT molecular complexity index is 958. The summed E-state index contributed by atoms with van der Waals surface area (Å²) in [6.45, 7) is 2.32. The first-order valence-electron chi connectivity index (χ1n) is 9.01. The number of urea groups is 1. The first kappa shape index (κ1) is 18.0. The summed E-state index contributed by atoms with van der Waals surface area (Å²) in [7, 11) is -3.21. The van der Waals surface area contributed by atoms with E-state index in [4.69, 9.17) is 0 Å². The number of fused-ring (bicyclic) bond motifs is 1. The summed E-state index contributed by atoms with van der Waals surface area (Å²) in [5.74, 6) is -0.405. The lowest BCUT2D eigenvalue weighted by Crippen LogP contribution is -2.37. The molecule has 2 aromatic rings. The maximum absolute atomic E-state index is 13.2. The van der Waals surface area contributed by atoms with Crippen molar-refractivity contribution in [2.75, 3.05) is 16.4 Å². The second-order valence-electron chi connectivity index (χ2n) is 7.14. The quantitative estimate of drug-likeness (QED) is 0.757. The van der Waals surface area contributed by atoms with E-state index in [-0.39, 0.29) is 29.9 Å². The highest BCUT2D eigenvalue weighted by atomic mass is 32.2. The van der Waals surface area contributed by atoms with E-state index in [1.165, 1.54) is 12.1 Å². The SMILES string of the molecule is CCc1ccc(N2C(=O)N(Cc3ccc(F)cc3)C3CS(=O)(=O)CC32)cc1. The third kappa shape index (κ3) is 3.32. The first-order chi connectivity index (χ1) is 12.9. The number of carbonyl (C=O) groups excluding carboxylic acids is 1. The second kappa shape index (κ2) is 6.64. The van der Waals surface area contributed by atoms with Gasteiger partial charge in [0.1, 0.15) is 5.82 Å². The van der Waals surface area contributed by atoms with E-state index in [0.717, 1.165) is 17.5 Å². The Hall–Kier alpha value is -2.41. The van der Waals surface area contributed by atoms with Gasteiger partial charge in [-0.05, 0) is 41.8 Å². The molecule has 0 aromatic heterocycles. The van der Waals surface area contributed by atoms with Gasteiger partial charge in [0.2, 0.25) is 0 Å². The van der Waals surface area contributed by atoms with Gasteiger partial charge in [0.15, 0.2) is 9.84 Å². The Morgan fingerprint density at radius 2 is 1.56 bits per heavy atom. The van der Waals surface area contributed by atoms with Gasteiger partial charge >= 0.3 is 6.03 Å². The molecule has 142 valence electrons. The lowest BCUT2D eigenvalue weighted by Gasteiger charge is -2.23. The number of rotatable bonds is 4. The molecule has 7 heteroatoms. The van der Waals surface area contributed by atoms with Crippen LogP contribution in [0.1, 0.15) is 18.1 Å². The zero-order valence-electron chi connectivity index (χ0n) is 15.0. The molecule has 27 heavy (non-hydrogen) atoms. The van der Waals surface area contributed by atoms with Crippen molar-refractivity contribution in [1.29, 1.82) is 0 Å². The highest BCUT2D eigenvalue weighted by Crippen LogP contribution is 2.36. The summed E-state index contributed by atoms with van der Waals surface area (Å²) in [6.07, 6.45) is 0.894. The van der Waals surface area contributed by atoms with Gasteiger partial charge in [0.05, 0.1) is 23.6 Å². The highest BCUT2D eigenvalue weighted by Gasteiger charge is 2.53. The average Bonchev–Trinajstić information content (AvgIpc) is 3.07. The minimum absolute atomic E-state index is 0.0289. The van der Waals surface area contributed by atoms with Crippen LogP contribution in [-0.2, 0) is 22.8 Å². The van der Waals surface area contributed by atoms with Crippen LogP contribution >= 0.6 is 0 Å². The van der Waals surface area contributed by atoms with Crippen LogP contribution in [0.3, 0.4) is 0 Å². The van der Waals surface area contributed by atoms with Crippen LogP contribution in [-0.4, -0.2) is 42.9 Å². The van der Waals surface area contributed by atoms with Crippen molar-refractivity contribution >= 4 is 21.6 Å². The number of carbonyl (C=O) groups is 1. The van der Waals surface area contributed by atoms with E-state index in [0.29, 0.717) is 5.69 Å². The van der Waals surface area contributed by atoms with Crippen LogP contribution < -0.4 is 4.90 Å². The number of benzene rings is 2. The topological polar surface area (TPSA) is 57.7 Å². The Labute approximate surface area is 158 Å². The van der Waals surface area contributed by atoms with Gasteiger partial charge in [-0.15, -0.1) is 0 Å². The largest absolute Gasteiger partial charge is 0.325 e. The summed E-state index contributed by atoms with van der Waals surface area (Å²) in [4.78, 5) is 16.4. The molecule has 4 rings (SSSR count). The minimum atomic E-state index is -3.21. The van der Waals surface area contributed by atoms with E-state index in [1.807, 2.05) is 24.3 Å². The molecule has 0 radical (unpaired) electrons. The molecule has 2 aliphatic rings. The molecule has 0 N–H and O–H groups in total. The summed E-state index contributed by atoms with van der Waals surface area (Å²) >= 11 is 0. The van der Waals surface area contributed by atoms with E-state index >= 15 is 0 Å². The third-order valence-electron chi connectivity index (χ3n) is 5.37. The molecule has 2 heterocycles. The van der Waals surface area contributed by atoms with E-state index in [2.05, 4.69) is 6.92 Å². The molecular formula is C20H21FN2O3S. The van der Waals surface area contributed by atoms with Gasteiger partial charge in [-0.25, -0.2) is 17.6 Å². The van der Waals surface area contributed by atoms with Crippen molar-refractivity contribution in [3.63, 3.8) is 0 Å². The van der Waals surface area contributed by atoms with Crippen LogP contribution in [0.2, 0.25) is 0 Å². The number of amides is 2. The molecule has 2 amide bonds. The molecule has 2 aromatic carbocycles. The number of hydrogen-bond acceptors (Lipinski definition) is 3. The fourth-order valence-corrected chi connectivity index (χ4v) is 5.89. The van der Waals surface area contributed by atoms with Crippen LogP contribution in [0.25, 0.3) is 0 Å². The normalized spacial score (nSPS) is 23.7. The fourth-order valence-electron chi connectivity index (χ4n) is 3.94. The smallest absolute Gasteiger partial charge is 0.314 e. The lowest BCUT2D eigenvalue weighted by molar-refractivity contribution is 0.206. The number of hydrogen-bond donors (Lipinski definition) is 0. The summed E-state index contributed by atoms with van der Waals surface area (Å²) in [5, 5.41) is 0. The van der Waals surface area contributed by atoms with Crippen LogP contribution in [0.15, 0.2) is 48.5 Å². The molecule has 2 aliphatic heterocycles. The molecule has 5 nitrogen and oxygen atoms in total. The Balaban J connectivity index is 1.67. The zero-order chi connectivity index (χ0) is 19.2. The Morgan fingerprint density at radius 1 is 0.963 bits per heavy atom. The highest BCUT2D eigenvalue weighted by molar-refractivity contribution is 7.91. The van der Waals surface area contributed by atoms with Gasteiger partial charge in [-0.1, -0.05) is 31.2 Å². The predicted octanol–water partition coefficient (Wildman–Crippen LogP) is 3.00. The van der Waals surface area contributed by atoms with Gasteiger partial charge in [-0.2, -0.15) is 0 Å². The van der Waals surface area contributed by atoms with Crippen molar-refractivity contribution in [3.8, 4) is 0 Å². The van der Waals surface area contributed by atoms with Gasteiger partial charge in [0.25, 0.3) is 0 Å². The van der Waals surface area contributed by atoms with Gasteiger partial charge < -0.3 is 4.90 Å². The molecule has 0 aliphatic carbocycles. The Morgan fingerprint density at radius 3 is 2.19 bits per heavy atom. The predicted molar refractivity (Wildman–Crippen MR) is 102 cm³/mol. The van der Waals surface area contributed by atoms with E-state index in [1.54, 1.807) is 21.9 Å². The lowest BCUT2D eigenvalue weighted by atomic mass is 10.1. The standard InChI is InChI=1S/C20H21FN2O3S/c1-2-14-5-9-17(10-6-14)23-19-13-27(25,26)12-18(19)22(20(23)24)11-15-3-7-16(21)8-4-15/h3-10,18-19H,2,11-13H2,1H3. The molecule has 0 saturated carbocycles. The zero-order valence-corrected chi connectivity index (χ0v) is 15.8. The van der Waals surface area contributed by atoms with Crippen LogP contribution in [0.4, 0.5) is 14.9 Å². The minimum Gasteiger partial charge on any atom is -0.314 e. The summed E-state index contributed by atoms with van der Waals surface area (Å²) in [6, 6.07) is 12.6. The van der Waals surface area contributed by atoms with Crippen molar-refractivity contribution < 1.29 is 17.6 Å². The molecule has 2 atom stereocenters. The van der Waals surface area contributed by atoms with Crippen LogP contribution in [0, 0.1) is 5.82 Å². The van der Waals surface area contributed by atoms with Crippen LogP contribution in [0.5, 0.6) is 0 Å². The van der Waals surface area contributed by atoms with Crippen molar-refractivity contribution in [3.05, 3.63) is 65.5 Å². The second-order valence-corrected chi connectivity index (χ2v) is 9.29. The number of halogens is 1. The fraction of sp³-hybridized carbons (Fsp3) is 0.350. The third-order valence-corrected chi connectivity index (χ3v) is 7.07. The number of aryl methyl sites for hydroxylation is 1. The number of sulfone groups is 1. The van der Waals surface area contributed by atoms with Gasteiger partial charge in [-0.3, -0.25) is 4.90 Å². The molecule has 2 saturated heterocycles. The summed E-state index contributed by atoms with van der Waals surface area (Å²) < 4.78 is 37.7. The van der Waals surface area contributed by atoms with E-state index < -0.39 is 21.9 Å². The Kier molecular flexibility index (Phi) is 4.42. The molecule has 2 unspecified atom stereocenters. The maximum atomic E-state index is 13.2. The van der Waals surface area contributed by atoms with Crippen molar-refractivity contribution in [1.82, 2.24) is 4.90 Å². The molecule has 2 fully saturated rings. The van der Waals surface area contributed by atoms with E-state index in [9.17, 15) is 17.6 Å². The number of anilines is 1. The van der Waals surface area contributed by atoms with Crippen molar-refractivity contribution in [2.45, 2.75) is 32.0 Å². The molecular weight excluding hydrogens is 367 g/mol. The first-order valence-corrected chi connectivity index (χ1v) is 10.8. The summed E-state index contributed by atoms with van der Waals surface area (Å²) in [5.41, 5.74) is 2.64. The number of nitrogens with zero attached hydrogens (tertiary/aromatic N) is 2. The monoisotopic (exact) mass is 388 g/mol. The molecule has 0 spiro atoms. The maximum Gasteiger partial charge on any atom is 0.325 e. The average molecular weight is 388 g/mol. The van der Waals surface area contributed by atoms with Gasteiger partial charge in [0, 0.05) is 12.2 Å². The van der Waals surface area contributed by atoms with Crippen molar-refractivity contribution in [2.24, 2.45) is 0 Å².